The molecule has 30 heavy (non-hydrogen) atoms. The minimum absolute atomic E-state index is 0.000564. The Morgan fingerprint density at radius 3 is 2.70 bits per heavy atom. The Labute approximate surface area is 174 Å². The van der Waals surface area contributed by atoms with Gasteiger partial charge in [0.2, 0.25) is 5.91 Å². The van der Waals surface area contributed by atoms with Crippen LogP contribution in [0.3, 0.4) is 0 Å². The van der Waals surface area contributed by atoms with E-state index in [4.69, 9.17) is 9.47 Å². The van der Waals surface area contributed by atoms with Crippen molar-refractivity contribution in [2.24, 2.45) is 0 Å². The first-order valence-electron chi connectivity index (χ1n) is 9.81. The van der Waals surface area contributed by atoms with Gasteiger partial charge < -0.3 is 19.1 Å². The number of hydrogen-bond acceptors (Lipinski definition) is 4. The molecule has 1 heterocycles. The van der Waals surface area contributed by atoms with Crippen molar-refractivity contribution >= 4 is 12.0 Å². The van der Waals surface area contributed by atoms with Crippen molar-refractivity contribution in [3.05, 3.63) is 65.7 Å². The van der Waals surface area contributed by atoms with E-state index in [1.54, 1.807) is 17.0 Å². The number of nitrogens with zero attached hydrogens (tertiary/aromatic N) is 1. The number of rotatable bonds is 9. The van der Waals surface area contributed by atoms with Gasteiger partial charge >= 0.3 is 6.61 Å². The lowest BCUT2D eigenvalue weighted by atomic mass is 10.1. The maximum atomic E-state index is 13.0. The van der Waals surface area contributed by atoms with Crippen LogP contribution in [0, 0.1) is 0 Å². The van der Waals surface area contributed by atoms with E-state index < -0.39 is 6.61 Å². The monoisotopic (exact) mass is 417 g/mol. The first-order valence-corrected chi connectivity index (χ1v) is 9.81. The fourth-order valence-electron chi connectivity index (χ4n) is 3.38. The molecule has 1 saturated heterocycles. The summed E-state index contributed by atoms with van der Waals surface area (Å²) in [7, 11) is 1.37. The zero-order valence-corrected chi connectivity index (χ0v) is 16.8. The Morgan fingerprint density at radius 2 is 2.03 bits per heavy atom. The predicted octanol–water partition coefficient (Wildman–Crippen LogP) is 4.52. The molecule has 0 saturated carbocycles. The van der Waals surface area contributed by atoms with E-state index >= 15 is 0 Å². The fraction of sp³-hybridized carbons (Fsp3) is 0.348. The number of amides is 1. The molecule has 0 spiro atoms. The van der Waals surface area contributed by atoms with Gasteiger partial charge in [-0.15, -0.1) is 0 Å². The minimum atomic E-state index is -3.00. The second kappa shape index (κ2) is 10.7. The van der Waals surface area contributed by atoms with Gasteiger partial charge in [0.05, 0.1) is 13.2 Å². The minimum Gasteiger partial charge on any atom is -0.493 e. The van der Waals surface area contributed by atoms with Gasteiger partial charge in [-0.25, -0.2) is 0 Å². The van der Waals surface area contributed by atoms with Gasteiger partial charge in [-0.1, -0.05) is 42.5 Å². The summed E-state index contributed by atoms with van der Waals surface area (Å²) in [5, 5.41) is 0. The van der Waals surface area contributed by atoms with Gasteiger partial charge in [-0.3, -0.25) is 4.79 Å². The van der Waals surface area contributed by atoms with E-state index in [2.05, 4.69) is 4.74 Å². The van der Waals surface area contributed by atoms with Crippen LogP contribution in [0.15, 0.2) is 54.6 Å². The molecular formula is C23H25F2NO4. The summed E-state index contributed by atoms with van der Waals surface area (Å²) in [5.74, 6) is -0.168. The third-order valence-corrected chi connectivity index (χ3v) is 4.82. The van der Waals surface area contributed by atoms with E-state index in [9.17, 15) is 13.6 Å². The number of carbonyl (C=O) groups is 1. The highest BCUT2D eigenvalue weighted by molar-refractivity contribution is 5.92. The Bertz CT molecular complexity index is 852. The SMILES string of the molecule is COc1cccc(C=CC(=O)N(Cc2ccccc2)CC2CCCO2)c1OC(F)F. The third-order valence-electron chi connectivity index (χ3n) is 4.82. The summed E-state index contributed by atoms with van der Waals surface area (Å²) in [6.07, 6.45) is 4.72. The molecule has 0 bridgehead atoms. The summed E-state index contributed by atoms with van der Waals surface area (Å²) in [4.78, 5) is 14.7. The van der Waals surface area contributed by atoms with Crippen LogP contribution in [-0.4, -0.2) is 43.8 Å². The molecular weight excluding hydrogens is 392 g/mol. The van der Waals surface area contributed by atoms with Crippen LogP contribution in [0.4, 0.5) is 8.78 Å². The van der Waals surface area contributed by atoms with Crippen molar-refractivity contribution in [3.63, 3.8) is 0 Å². The lowest BCUT2D eigenvalue weighted by Gasteiger charge is -2.24. The van der Waals surface area contributed by atoms with Crippen LogP contribution in [-0.2, 0) is 16.1 Å². The summed E-state index contributed by atoms with van der Waals surface area (Å²) in [6, 6.07) is 14.4. The second-order valence-corrected chi connectivity index (χ2v) is 6.93. The van der Waals surface area contributed by atoms with Crippen molar-refractivity contribution in [1.29, 1.82) is 0 Å². The molecule has 0 aromatic heterocycles. The van der Waals surface area contributed by atoms with E-state index in [0.29, 0.717) is 25.3 Å². The van der Waals surface area contributed by atoms with E-state index in [1.807, 2.05) is 30.3 Å². The molecule has 0 N–H and O–H groups in total. The maximum absolute atomic E-state index is 13.0. The summed E-state index contributed by atoms with van der Waals surface area (Å²) < 4.78 is 41.0. The second-order valence-electron chi connectivity index (χ2n) is 6.93. The Hall–Kier alpha value is -2.93. The molecule has 1 unspecified atom stereocenters. The first-order chi connectivity index (χ1) is 14.6. The van der Waals surface area contributed by atoms with E-state index in [-0.39, 0.29) is 23.5 Å². The van der Waals surface area contributed by atoms with Crippen LogP contribution in [0.25, 0.3) is 6.08 Å². The van der Waals surface area contributed by atoms with Crippen LogP contribution in [0.2, 0.25) is 0 Å². The highest BCUT2D eigenvalue weighted by Gasteiger charge is 2.22. The molecule has 2 aromatic rings. The molecule has 1 fully saturated rings. The summed E-state index contributed by atoms with van der Waals surface area (Å²) in [6.45, 7) is -1.40. The highest BCUT2D eigenvalue weighted by atomic mass is 19.3. The highest BCUT2D eigenvalue weighted by Crippen LogP contribution is 2.33. The van der Waals surface area contributed by atoms with Crippen molar-refractivity contribution in [2.75, 3.05) is 20.3 Å². The Morgan fingerprint density at radius 1 is 1.23 bits per heavy atom. The van der Waals surface area contributed by atoms with E-state index in [0.717, 1.165) is 18.4 Å². The van der Waals surface area contributed by atoms with Crippen molar-refractivity contribution in [1.82, 2.24) is 4.90 Å². The average molecular weight is 417 g/mol. The largest absolute Gasteiger partial charge is 0.493 e. The zero-order chi connectivity index (χ0) is 21.3. The molecule has 0 radical (unpaired) electrons. The van der Waals surface area contributed by atoms with Gasteiger partial charge in [0.1, 0.15) is 0 Å². The standard InChI is InChI=1S/C23H25F2NO4/c1-28-20-11-5-9-18(22(20)30-23(24)25)12-13-21(27)26(16-19-10-6-14-29-19)15-17-7-3-2-4-8-17/h2-5,7-9,11-13,19,23H,6,10,14-16H2,1H3. The molecule has 5 nitrogen and oxygen atoms in total. The topological polar surface area (TPSA) is 48.0 Å². The number of hydrogen-bond donors (Lipinski definition) is 0. The van der Waals surface area contributed by atoms with Gasteiger partial charge in [0.15, 0.2) is 11.5 Å². The Kier molecular flexibility index (Phi) is 7.79. The lowest BCUT2D eigenvalue weighted by Crippen LogP contribution is -2.35. The van der Waals surface area contributed by atoms with Gasteiger partial charge in [0.25, 0.3) is 0 Å². The normalized spacial score (nSPS) is 16.2. The molecule has 3 rings (SSSR count). The van der Waals surface area contributed by atoms with Crippen LogP contribution in [0.5, 0.6) is 11.5 Å². The van der Waals surface area contributed by atoms with Crippen LogP contribution in [0.1, 0.15) is 24.0 Å². The summed E-state index contributed by atoms with van der Waals surface area (Å²) in [5.41, 5.74) is 1.33. The fourth-order valence-corrected chi connectivity index (χ4v) is 3.38. The Balaban J connectivity index is 1.79. The number of benzene rings is 2. The number of para-hydroxylation sites is 1. The molecule has 160 valence electrons. The molecule has 1 aliphatic rings. The van der Waals surface area contributed by atoms with Gasteiger partial charge in [0, 0.05) is 31.3 Å². The van der Waals surface area contributed by atoms with Crippen LogP contribution >= 0.6 is 0 Å². The number of carbonyl (C=O) groups excluding carboxylic acids is 1. The smallest absolute Gasteiger partial charge is 0.387 e. The summed E-state index contributed by atoms with van der Waals surface area (Å²) >= 11 is 0. The van der Waals surface area contributed by atoms with Gasteiger partial charge in [-0.2, -0.15) is 8.78 Å². The quantitative estimate of drug-likeness (QED) is 0.563. The van der Waals surface area contributed by atoms with Crippen molar-refractivity contribution < 1.29 is 27.8 Å². The molecule has 1 atom stereocenters. The number of halogens is 2. The molecule has 7 heteroatoms. The van der Waals surface area contributed by atoms with Crippen LogP contribution < -0.4 is 9.47 Å². The van der Waals surface area contributed by atoms with Crippen molar-refractivity contribution in [2.45, 2.75) is 32.1 Å². The average Bonchev–Trinajstić information content (AvgIpc) is 3.26. The lowest BCUT2D eigenvalue weighted by molar-refractivity contribution is -0.128. The molecule has 2 aromatic carbocycles. The molecule has 0 aliphatic carbocycles. The van der Waals surface area contributed by atoms with Crippen molar-refractivity contribution in [3.8, 4) is 11.5 Å². The number of ether oxygens (including phenoxy) is 3. The predicted molar refractivity (Wildman–Crippen MR) is 109 cm³/mol. The van der Waals surface area contributed by atoms with Gasteiger partial charge in [-0.05, 0) is 30.5 Å². The van der Waals surface area contributed by atoms with E-state index in [1.165, 1.54) is 25.3 Å². The number of alkyl halides is 2. The maximum Gasteiger partial charge on any atom is 0.387 e. The zero-order valence-electron chi connectivity index (χ0n) is 16.8. The number of methoxy groups -OCH3 is 1. The molecule has 1 aliphatic heterocycles. The third kappa shape index (κ3) is 6.03. The molecule has 1 amide bonds. The first kappa shape index (κ1) is 21.8.